The molecule has 0 amide bonds. The maximum absolute atomic E-state index is 10.6. The van der Waals surface area contributed by atoms with Crippen LogP contribution in [0.4, 0.5) is 0 Å². The number of aliphatic carboxylic acids is 1. The topological polar surface area (TPSA) is 43.8 Å². The lowest BCUT2D eigenvalue weighted by Gasteiger charge is -2.33. The largest absolute Gasteiger partial charge is 0.480 e. The van der Waals surface area contributed by atoms with Gasteiger partial charge in [0.25, 0.3) is 0 Å². The summed E-state index contributed by atoms with van der Waals surface area (Å²) in [5.74, 6) is -0.755. The van der Waals surface area contributed by atoms with Crippen molar-refractivity contribution in [3.63, 3.8) is 0 Å². The molecule has 20 heavy (non-hydrogen) atoms. The second-order valence-electron chi connectivity index (χ2n) is 5.01. The molecule has 1 aromatic rings. The van der Waals surface area contributed by atoms with Crippen molar-refractivity contribution in [3.05, 3.63) is 33.8 Å². The fourth-order valence-corrected chi connectivity index (χ4v) is 2.67. The molecule has 1 saturated heterocycles. The number of hydrogen-bond acceptors (Lipinski definition) is 3. The number of carboxylic acid groups (broad SMARTS) is 1. The molecule has 6 heteroatoms. The lowest BCUT2D eigenvalue weighted by Crippen LogP contribution is -2.48. The van der Waals surface area contributed by atoms with Crippen LogP contribution in [0, 0.1) is 0 Å². The molecule has 0 spiro atoms. The summed E-state index contributed by atoms with van der Waals surface area (Å²) in [5, 5.41) is 9.93. The van der Waals surface area contributed by atoms with E-state index in [2.05, 4.69) is 4.90 Å². The number of piperazine rings is 1. The van der Waals surface area contributed by atoms with Gasteiger partial charge in [-0.2, -0.15) is 0 Å². The van der Waals surface area contributed by atoms with Crippen LogP contribution in [0.2, 0.25) is 10.0 Å². The van der Waals surface area contributed by atoms with Gasteiger partial charge < -0.3 is 10.0 Å². The zero-order chi connectivity index (χ0) is 14.5. The molecule has 0 unspecified atom stereocenters. The minimum Gasteiger partial charge on any atom is -0.480 e. The molecular weight excluding hydrogens is 299 g/mol. The Balaban J connectivity index is 1.75. The summed E-state index contributed by atoms with van der Waals surface area (Å²) in [6, 6.07) is 5.73. The van der Waals surface area contributed by atoms with Gasteiger partial charge in [-0.3, -0.25) is 9.69 Å². The Bertz CT molecular complexity index is 474. The van der Waals surface area contributed by atoms with Crippen molar-refractivity contribution in [2.45, 2.75) is 6.42 Å². The summed E-state index contributed by atoms with van der Waals surface area (Å²) in [7, 11) is 0. The Labute approximate surface area is 128 Å². The van der Waals surface area contributed by atoms with E-state index < -0.39 is 5.97 Å². The van der Waals surface area contributed by atoms with Gasteiger partial charge in [0.1, 0.15) is 0 Å². The third kappa shape index (κ3) is 4.63. The SMILES string of the molecule is O=C(O)CN1CCN(CCc2ccc(Cl)c(Cl)c2)CC1. The minimum atomic E-state index is -0.755. The van der Waals surface area contributed by atoms with E-state index in [4.69, 9.17) is 28.3 Å². The molecule has 4 nitrogen and oxygen atoms in total. The molecule has 0 saturated carbocycles. The van der Waals surface area contributed by atoms with Gasteiger partial charge in [-0.25, -0.2) is 0 Å². The predicted octanol–water partition coefficient (Wildman–Crippen LogP) is 2.24. The van der Waals surface area contributed by atoms with Crippen LogP contribution in [0.3, 0.4) is 0 Å². The monoisotopic (exact) mass is 316 g/mol. The summed E-state index contributed by atoms with van der Waals surface area (Å²) in [6.07, 6.45) is 0.926. The van der Waals surface area contributed by atoms with Crippen molar-refractivity contribution < 1.29 is 9.90 Å². The maximum atomic E-state index is 10.6. The molecule has 1 fully saturated rings. The first-order valence-corrected chi connectivity index (χ1v) is 7.40. The zero-order valence-electron chi connectivity index (χ0n) is 11.2. The Morgan fingerprint density at radius 2 is 1.75 bits per heavy atom. The minimum absolute atomic E-state index is 0.140. The molecule has 1 aliphatic rings. The number of carbonyl (C=O) groups is 1. The molecule has 0 radical (unpaired) electrons. The zero-order valence-corrected chi connectivity index (χ0v) is 12.7. The van der Waals surface area contributed by atoms with Crippen molar-refractivity contribution in [1.82, 2.24) is 9.80 Å². The number of benzene rings is 1. The van der Waals surface area contributed by atoms with E-state index in [1.165, 1.54) is 5.56 Å². The van der Waals surface area contributed by atoms with E-state index in [0.29, 0.717) is 10.0 Å². The molecule has 0 atom stereocenters. The molecular formula is C14H18Cl2N2O2. The molecule has 0 aromatic heterocycles. The van der Waals surface area contributed by atoms with Gasteiger partial charge in [-0.15, -0.1) is 0 Å². The van der Waals surface area contributed by atoms with E-state index in [0.717, 1.165) is 39.1 Å². The smallest absolute Gasteiger partial charge is 0.317 e. The quantitative estimate of drug-likeness (QED) is 0.904. The molecule has 1 heterocycles. The van der Waals surface area contributed by atoms with Crippen LogP contribution < -0.4 is 0 Å². The molecule has 110 valence electrons. The van der Waals surface area contributed by atoms with Crippen LogP contribution in [-0.2, 0) is 11.2 Å². The van der Waals surface area contributed by atoms with Gasteiger partial charge in [-0.1, -0.05) is 29.3 Å². The van der Waals surface area contributed by atoms with Crippen LogP contribution in [0.25, 0.3) is 0 Å². The van der Waals surface area contributed by atoms with E-state index >= 15 is 0 Å². The Morgan fingerprint density at radius 1 is 1.10 bits per heavy atom. The number of hydrogen-bond donors (Lipinski definition) is 1. The maximum Gasteiger partial charge on any atom is 0.317 e. The second-order valence-corrected chi connectivity index (χ2v) is 5.82. The van der Waals surface area contributed by atoms with E-state index in [-0.39, 0.29) is 6.54 Å². The van der Waals surface area contributed by atoms with Crippen molar-refractivity contribution in [3.8, 4) is 0 Å². The average molecular weight is 317 g/mol. The highest BCUT2D eigenvalue weighted by molar-refractivity contribution is 6.42. The van der Waals surface area contributed by atoms with E-state index in [1.54, 1.807) is 0 Å². The first-order chi connectivity index (χ1) is 9.54. The van der Waals surface area contributed by atoms with Gasteiger partial charge in [0, 0.05) is 32.7 Å². The molecule has 1 N–H and O–H groups in total. The lowest BCUT2D eigenvalue weighted by molar-refractivity contribution is -0.138. The Hall–Kier alpha value is -0.810. The van der Waals surface area contributed by atoms with Gasteiger partial charge in [0.15, 0.2) is 0 Å². The fraction of sp³-hybridized carbons (Fsp3) is 0.500. The molecule has 1 aliphatic heterocycles. The number of halogens is 2. The Kier molecular flexibility index (Phi) is 5.66. The average Bonchev–Trinajstić information content (AvgIpc) is 2.41. The van der Waals surface area contributed by atoms with Crippen molar-refractivity contribution in [2.24, 2.45) is 0 Å². The summed E-state index contributed by atoms with van der Waals surface area (Å²) < 4.78 is 0. The standard InChI is InChI=1S/C14H18Cl2N2O2/c15-12-2-1-11(9-13(12)16)3-4-17-5-7-18(8-6-17)10-14(19)20/h1-2,9H,3-8,10H2,(H,19,20). The highest BCUT2D eigenvalue weighted by Gasteiger charge is 2.18. The number of nitrogens with zero attached hydrogens (tertiary/aromatic N) is 2. The van der Waals surface area contributed by atoms with E-state index in [1.807, 2.05) is 23.1 Å². The van der Waals surface area contributed by atoms with Crippen LogP contribution in [0.1, 0.15) is 5.56 Å². The highest BCUT2D eigenvalue weighted by Crippen LogP contribution is 2.22. The number of carboxylic acids is 1. The second kappa shape index (κ2) is 7.27. The van der Waals surface area contributed by atoms with Crippen molar-refractivity contribution in [1.29, 1.82) is 0 Å². The first kappa shape index (κ1) is 15.6. The summed E-state index contributed by atoms with van der Waals surface area (Å²) in [4.78, 5) is 15.0. The van der Waals surface area contributed by atoms with Crippen LogP contribution in [0.5, 0.6) is 0 Å². The Morgan fingerprint density at radius 3 is 2.35 bits per heavy atom. The van der Waals surface area contributed by atoms with Crippen LogP contribution in [-0.4, -0.2) is 60.1 Å². The van der Waals surface area contributed by atoms with E-state index in [9.17, 15) is 4.79 Å². The molecule has 1 aromatic carbocycles. The third-order valence-corrected chi connectivity index (χ3v) is 4.26. The normalized spacial score (nSPS) is 17.3. The lowest BCUT2D eigenvalue weighted by atomic mass is 10.1. The molecule has 2 rings (SSSR count). The van der Waals surface area contributed by atoms with Gasteiger partial charge in [-0.05, 0) is 24.1 Å². The summed E-state index contributed by atoms with van der Waals surface area (Å²) >= 11 is 11.9. The summed E-state index contributed by atoms with van der Waals surface area (Å²) in [5.41, 5.74) is 1.17. The van der Waals surface area contributed by atoms with Crippen LogP contribution in [0.15, 0.2) is 18.2 Å². The highest BCUT2D eigenvalue weighted by atomic mass is 35.5. The first-order valence-electron chi connectivity index (χ1n) is 6.65. The fourth-order valence-electron chi connectivity index (χ4n) is 2.34. The number of rotatable bonds is 5. The third-order valence-electron chi connectivity index (χ3n) is 3.52. The van der Waals surface area contributed by atoms with Gasteiger partial charge in [0.05, 0.1) is 16.6 Å². The van der Waals surface area contributed by atoms with Gasteiger partial charge >= 0.3 is 5.97 Å². The van der Waals surface area contributed by atoms with Crippen LogP contribution >= 0.6 is 23.2 Å². The predicted molar refractivity (Wildman–Crippen MR) is 80.7 cm³/mol. The molecule has 0 aliphatic carbocycles. The summed E-state index contributed by atoms with van der Waals surface area (Å²) in [6.45, 7) is 4.55. The van der Waals surface area contributed by atoms with Crippen molar-refractivity contribution in [2.75, 3.05) is 39.3 Å². The molecule has 0 bridgehead atoms. The van der Waals surface area contributed by atoms with Crippen molar-refractivity contribution >= 4 is 29.2 Å². The van der Waals surface area contributed by atoms with Gasteiger partial charge in [0.2, 0.25) is 0 Å².